The van der Waals surface area contributed by atoms with E-state index in [9.17, 15) is 19.7 Å². The second kappa shape index (κ2) is 6.11. The SMILES string of the molecule is CCCCn1c(=O)c2[nH]cnc2n(-c2cccc([N+](=O)[O-])c2)c1=O. The Labute approximate surface area is 135 Å². The molecule has 0 saturated carbocycles. The van der Waals surface area contributed by atoms with Gasteiger partial charge in [-0.2, -0.15) is 0 Å². The molecule has 0 bridgehead atoms. The number of H-pyrrole nitrogens is 1. The van der Waals surface area contributed by atoms with E-state index >= 15 is 0 Å². The summed E-state index contributed by atoms with van der Waals surface area (Å²) in [5.41, 5.74) is -0.516. The van der Waals surface area contributed by atoms with E-state index in [4.69, 9.17) is 0 Å². The third-order valence-corrected chi connectivity index (χ3v) is 3.75. The van der Waals surface area contributed by atoms with Crippen molar-refractivity contribution in [2.75, 3.05) is 0 Å². The van der Waals surface area contributed by atoms with Crippen LogP contribution in [0, 0.1) is 10.1 Å². The van der Waals surface area contributed by atoms with Crippen molar-refractivity contribution in [1.29, 1.82) is 0 Å². The molecule has 0 radical (unpaired) electrons. The van der Waals surface area contributed by atoms with E-state index in [1.165, 1.54) is 29.1 Å². The van der Waals surface area contributed by atoms with Crippen LogP contribution in [-0.2, 0) is 6.54 Å². The summed E-state index contributed by atoms with van der Waals surface area (Å²) in [6.45, 7) is 2.23. The molecule has 2 aromatic heterocycles. The Hall–Kier alpha value is -3.23. The average Bonchev–Trinajstić information content (AvgIpc) is 3.04. The molecule has 0 atom stereocenters. The van der Waals surface area contributed by atoms with Crippen LogP contribution in [0.25, 0.3) is 16.9 Å². The topological polar surface area (TPSA) is 116 Å². The number of aromatic nitrogens is 4. The zero-order chi connectivity index (χ0) is 17.3. The molecule has 0 spiro atoms. The summed E-state index contributed by atoms with van der Waals surface area (Å²) in [6.07, 6.45) is 2.82. The Morgan fingerprint density at radius 2 is 2.12 bits per heavy atom. The van der Waals surface area contributed by atoms with E-state index < -0.39 is 16.2 Å². The molecular weight excluding hydrogens is 314 g/mol. The van der Waals surface area contributed by atoms with Crippen LogP contribution in [-0.4, -0.2) is 24.0 Å². The van der Waals surface area contributed by atoms with Gasteiger partial charge < -0.3 is 4.98 Å². The van der Waals surface area contributed by atoms with Crippen LogP contribution in [0.2, 0.25) is 0 Å². The number of non-ortho nitro benzene ring substituents is 1. The molecule has 3 aromatic rings. The molecule has 0 aliphatic carbocycles. The van der Waals surface area contributed by atoms with E-state index in [-0.39, 0.29) is 29.1 Å². The lowest BCUT2D eigenvalue weighted by molar-refractivity contribution is -0.384. The fraction of sp³-hybridized carbons (Fsp3) is 0.267. The van der Waals surface area contributed by atoms with Crippen molar-refractivity contribution < 1.29 is 4.92 Å². The Morgan fingerprint density at radius 1 is 1.33 bits per heavy atom. The normalized spacial score (nSPS) is 11.0. The number of unbranched alkanes of at least 4 members (excludes halogenated alkanes) is 1. The number of nitro benzene ring substituents is 1. The Bertz CT molecular complexity index is 1030. The first-order chi connectivity index (χ1) is 11.5. The lowest BCUT2D eigenvalue weighted by Crippen LogP contribution is -2.39. The zero-order valence-corrected chi connectivity index (χ0v) is 12.9. The molecule has 3 rings (SSSR count). The number of fused-ring (bicyclic) bond motifs is 1. The van der Waals surface area contributed by atoms with Gasteiger partial charge in [0, 0.05) is 18.7 Å². The van der Waals surface area contributed by atoms with Gasteiger partial charge in [-0.15, -0.1) is 0 Å². The maximum absolute atomic E-state index is 12.8. The van der Waals surface area contributed by atoms with Gasteiger partial charge in [-0.25, -0.2) is 14.3 Å². The van der Waals surface area contributed by atoms with Crippen molar-refractivity contribution in [2.24, 2.45) is 0 Å². The van der Waals surface area contributed by atoms with Gasteiger partial charge in [0.15, 0.2) is 5.65 Å². The smallest absolute Gasteiger partial charge is 0.337 e. The molecule has 0 fully saturated rings. The maximum Gasteiger partial charge on any atom is 0.337 e. The van der Waals surface area contributed by atoms with Crippen molar-refractivity contribution in [1.82, 2.24) is 19.1 Å². The van der Waals surface area contributed by atoms with Crippen molar-refractivity contribution in [2.45, 2.75) is 26.3 Å². The fourth-order valence-corrected chi connectivity index (χ4v) is 2.54. The van der Waals surface area contributed by atoms with Gasteiger partial charge in [0.1, 0.15) is 5.52 Å². The summed E-state index contributed by atoms with van der Waals surface area (Å²) >= 11 is 0. The number of imidazole rings is 1. The number of hydrogen-bond acceptors (Lipinski definition) is 5. The molecule has 0 unspecified atom stereocenters. The van der Waals surface area contributed by atoms with E-state index in [0.717, 1.165) is 11.0 Å². The molecule has 124 valence electrons. The maximum atomic E-state index is 12.8. The van der Waals surface area contributed by atoms with Gasteiger partial charge in [0.05, 0.1) is 16.9 Å². The number of rotatable bonds is 5. The van der Waals surface area contributed by atoms with Crippen LogP contribution in [0.5, 0.6) is 0 Å². The number of aromatic amines is 1. The second-order valence-corrected chi connectivity index (χ2v) is 5.31. The molecular formula is C15H15N5O4. The third-order valence-electron chi connectivity index (χ3n) is 3.75. The second-order valence-electron chi connectivity index (χ2n) is 5.31. The van der Waals surface area contributed by atoms with Crippen LogP contribution in [0.15, 0.2) is 40.2 Å². The molecule has 0 saturated heterocycles. The number of nitrogens with zero attached hydrogens (tertiary/aromatic N) is 4. The van der Waals surface area contributed by atoms with Gasteiger partial charge in [-0.05, 0) is 12.5 Å². The summed E-state index contributed by atoms with van der Waals surface area (Å²) in [4.78, 5) is 42.5. The monoisotopic (exact) mass is 329 g/mol. The average molecular weight is 329 g/mol. The van der Waals surface area contributed by atoms with E-state index in [2.05, 4.69) is 9.97 Å². The van der Waals surface area contributed by atoms with Crippen LogP contribution < -0.4 is 11.2 Å². The summed E-state index contributed by atoms with van der Waals surface area (Å²) in [5, 5.41) is 11.0. The highest BCUT2D eigenvalue weighted by atomic mass is 16.6. The first-order valence-corrected chi connectivity index (χ1v) is 7.48. The number of hydrogen-bond donors (Lipinski definition) is 1. The van der Waals surface area contributed by atoms with Gasteiger partial charge in [0.25, 0.3) is 11.2 Å². The Kier molecular flexibility index (Phi) is 3.98. The quantitative estimate of drug-likeness (QED) is 0.563. The van der Waals surface area contributed by atoms with Crippen molar-refractivity contribution >= 4 is 16.9 Å². The summed E-state index contributed by atoms with van der Waals surface area (Å²) in [7, 11) is 0. The highest BCUT2D eigenvalue weighted by Crippen LogP contribution is 2.17. The van der Waals surface area contributed by atoms with Gasteiger partial charge in [0.2, 0.25) is 0 Å². The lowest BCUT2D eigenvalue weighted by Gasteiger charge is -2.11. The molecule has 1 aromatic carbocycles. The van der Waals surface area contributed by atoms with Crippen molar-refractivity contribution in [3.63, 3.8) is 0 Å². The van der Waals surface area contributed by atoms with Crippen molar-refractivity contribution in [3.05, 3.63) is 61.5 Å². The Balaban J connectivity index is 2.33. The van der Waals surface area contributed by atoms with E-state index in [1.807, 2.05) is 6.92 Å². The summed E-state index contributed by atoms with van der Waals surface area (Å²) < 4.78 is 2.35. The molecule has 9 heteroatoms. The molecule has 0 amide bonds. The minimum absolute atomic E-state index is 0.144. The number of nitro groups is 1. The molecule has 1 N–H and O–H groups in total. The zero-order valence-electron chi connectivity index (χ0n) is 12.9. The highest BCUT2D eigenvalue weighted by molar-refractivity contribution is 5.71. The van der Waals surface area contributed by atoms with E-state index in [0.29, 0.717) is 6.42 Å². The highest BCUT2D eigenvalue weighted by Gasteiger charge is 2.17. The molecule has 9 nitrogen and oxygen atoms in total. The molecule has 0 aliphatic rings. The van der Waals surface area contributed by atoms with Crippen molar-refractivity contribution in [3.8, 4) is 5.69 Å². The number of benzene rings is 1. The molecule has 0 aliphatic heterocycles. The minimum atomic E-state index is -0.562. The number of nitrogens with one attached hydrogen (secondary N) is 1. The van der Waals surface area contributed by atoms with Crippen LogP contribution in [0.3, 0.4) is 0 Å². The first-order valence-electron chi connectivity index (χ1n) is 7.48. The standard InChI is InChI=1S/C15H15N5O4/c1-2-3-7-18-14(21)12-13(17-9-16-12)19(15(18)22)10-5-4-6-11(8-10)20(23)24/h4-6,8-9H,2-3,7H2,1H3,(H,16,17). The fourth-order valence-electron chi connectivity index (χ4n) is 2.54. The first kappa shape index (κ1) is 15.7. The largest absolute Gasteiger partial charge is 0.339 e. The predicted octanol–water partition coefficient (Wildman–Crippen LogP) is 1.58. The van der Waals surface area contributed by atoms with E-state index in [1.54, 1.807) is 6.07 Å². The van der Waals surface area contributed by atoms with Gasteiger partial charge in [-0.1, -0.05) is 19.4 Å². The van der Waals surface area contributed by atoms with Crippen LogP contribution in [0.1, 0.15) is 19.8 Å². The summed E-state index contributed by atoms with van der Waals surface area (Å²) in [6, 6.07) is 5.67. The lowest BCUT2D eigenvalue weighted by atomic mass is 10.2. The van der Waals surface area contributed by atoms with Gasteiger partial charge in [-0.3, -0.25) is 19.5 Å². The third kappa shape index (κ3) is 2.49. The van der Waals surface area contributed by atoms with Crippen LogP contribution >= 0.6 is 0 Å². The Morgan fingerprint density at radius 3 is 2.83 bits per heavy atom. The predicted molar refractivity (Wildman–Crippen MR) is 87.5 cm³/mol. The van der Waals surface area contributed by atoms with Gasteiger partial charge >= 0.3 is 5.69 Å². The summed E-state index contributed by atoms with van der Waals surface area (Å²) in [5.74, 6) is 0. The molecule has 24 heavy (non-hydrogen) atoms. The van der Waals surface area contributed by atoms with Crippen LogP contribution in [0.4, 0.5) is 5.69 Å². The molecule has 2 heterocycles. The minimum Gasteiger partial charge on any atom is -0.339 e.